The molecule has 2 N–H and O–H groups in total. The molecule has 0 radical (unpaired) electrons. The van der Waals surface area contributed by atoms with Crippen molar-refractivity contribution in [1.29, 1.82) is 5.26 Å². The maximum Gasteiger partial charge on any atom is 0.252 e. The van der Waals surface area contributed by atoms with Gasteiger partial charge in [0.15, 0.2) is 0 Å². The summed E-state index contributed by atoms with van der Waals surface area (Å²) in [6.45, 7) is 1.91. The minimum Gasteiger partial charge on any atom is -0.350 e. The number of hydrogen-bond donors (Lipinski definition) is 2. The van der Waals surface area contributed by atoms with Crippen LogP contribution in [0.15, 0.2) is 41.2 Å². The van der Waals surface area contributed by atoms with E-state index >= 15 is 0 Å². The summed E-state index contributed by atoms with van der Waals surface area (Å²) in [6, 6.07) is 11.2. The molecule has 1 aliphatic carbocycles. The number of amides is 1. The molecule has 2 heterocycles. The standard InChI is InChI=1S/C21H17FN4O2/c1-12-16-9-13(22)5-6-17(16)26-19(27)18(12)21(7-8-21)20(28)24-11-15-4-2-3-14(10-23)25-15/h2-6,9H,7-8,11H2,1H3,(H,24,28)(H,26,27). The number of rotatable bonds is 4. The van der Waals surface area contributed by atoms with Gasteiger partial charge in [0.2, 0.25) is 5.91 Å². The van der Waals surface area contributed by atoms with Gasteiger partial charge in [0, 0.05) is 16.5 Å². The van der Waals surface area contributed by atoms with Gasteiger partial charge < -0.3 is 10.3 Å². The van der Waals surface area contributed by atoms with Crippen molar-refractivity contribution >= 4 is 16.8 Å². The number of nitrogens with zero attached hydrogens (tertiary/aromatic N) is 2. The second kappa shape index (κ2) is 6.57. The van der Waals surface area contributed by atoms with Crippen molar-refractivity contribution < 1.29 is 9.18 Å². The van der Waals surface area contributed by atoms with Gasteiger partial charge in [-0.3, -0.25) is 9.59 Å². The molecule has 1 aromatic carbocycles. The molecular weight excluding hydrogens is 359 g/mol. The van der Waals surface area contributed by atoms with Crippen LogP contribution in [0.5, 0.6) is 0 Å². The number of aromatic nitrogens is 2. The van der Waals surface area contributed by atoms with Crippen LogP contribution in [0.4, 0.5) is 4.39 Å². The maximum atomic E-state index is 13.7. The van der Waals surface area contributed by atoms with Crippen LogP contribution in [0.3, 0.4) is 0 Å². The van der Waals surface area contributed by atoms with E-state index < -0.39 is 11.2 Å². The number of aromatic amines is 1. The molecule has 0 spiro atoms. The van der Waals surface area contributed by atoms with Gasteiger partial charge in [-0.05, 0) is 55.7 Å². The average molecular weight is 376 g/mol. The first-order valence-electron chi connectivity index (χ1n) is 8.91. The largest absolute Gasteiger partial charge is 0.350 e. The molecule has 4 rings (SSSR count). The molecule has 140 valence electrons. The van der Waals surface area contributed by atoms with E-state index in [9.17, 15) is 14.0 Å². The molecule has 6 nitrogen and oxygen atoms in total. The van der Waals surface area contributed by atoms with E-state index in [1.54, 1.807) is 25.1 Å². The topological polar surface area (TPSA) is 98.6 Å². The lowest BCUT2D eigenvalue weighted by atomic mass is 9.90. The molecule has 0 saturated heterocycles. The van der Waals surface area contributed by atoms with Crippen molar-refractivity contribution in [1.82, 2.24) is 15.3 Å². The number of benzene rings is 1. The van der Waals surface area contributed by atoms with Crippen molar-refractivity contribution in [2.75, 3.05) is 0 Å². The summed E-state index contributed by atoms with van der Waals surface area (Å²) in [5, 5.41) is 12.4. The number of aryl methyl sites for hydroxylation is 1. The fraction of sp³-hybridized carbons (Fsp3) is 0.238. The summed E-state index contributed by atoms with van der Waals surface area (Å²) >= 11 is 0. The summed E-state index contributed by atoms with van der Waals surface area (Å²) in [5.74, 6) is -0.660. The van der Waals surface area contributed by atoms with Crippen LogP contribution in [0.25, 0.3) is 10.9 Å². The summed E-state index contributed by atoms with van der Waals surface area (Å²) in [7, 11) is 0. The molecule has 0 bridgehead atoms. The zero-order chi connectivity index (χ0) is 19.9. The molecule has 1 saturated carbocycles. The van der Waals surface area contributed by atoms with Crippen LogP contribution in [0.2, 0.25) is 0 Å². The fourth-order valence-corrected chi connectivity index (χ4v) is 3.70. The lowest BCUT2D eigenvalue weighted by Crippen LogP contribution is -2.38. The Morgan fingerprint density at radius 1 is 1.36 bits per heavy atom. The van der Waals surface area contributed by atoms with Gasteiger partial charge in [-0.1, -0.05) is 6.07 Å². The van der Waals surface area contributed by atoms with E-state index in [2.05, 4.69) is 15.3 Å². The number of nitrogens with one attached hydrogen (secondary N) is 2. The quantitative estimate of drug-likeness (QED) is 0.731. The smallest absolute Gasteiger partial charge is 0.252 e. The molecule has 7 heteroatoms. The molecule has 1 aliphatic rings. The predicted octanol–water partition coefficient (Wildman–Crippen LogP) is 2.59. The minimum absolute atomic E-state index is 0.162. The van der Waals surface area contributed by atoms with E-state index in [1.165, 1.54) is 18.2 Å². The highest BCUT2D eigenvalue weighted by Gasteiger charge is 2.53. The third kappa shape index (κ3) is 2.93. The number of carbonyl (C=O) groups is 1. The van der Waals surface area contributed by atoms with E-state index in [0.717, 1.165) is 0 Å². The Kier molecular flexibility index (Phi) is 4.19. The van der Waals surface area contributed by atoms with Crippen molar-refractivity contribution in [2.45, 2.75) is 31.7 Å². The van der Waals surface area contributed by atoms with Gasteiger partial charge in [-0.2, -0.15) is 5.26 Å². The maximum absolute atomic E-state index is 13.7. The Bertz CT molecular complexity index is 1210. The lowest BCUT2D eigenvalue weighted by molar-refractivity contribution is -0.123. The summed E-state index contributed by atoms with van der Waals surface area (Å²) < 4.78 is 13.7. The predicted molar refractivity (Wildman–Crippen MR) is 101 cm³/mol. The van der Waals surface area contributed by atoms with Crippen LogP contribution >= 0.6 is 0 Å². The van der Waals surface area contributed by atoms with E-state index in [0.29, 0.717) is 40.6 Å². The molecule has 0 aliphatic heterocycles. The Morgan fingerprint density at radius 3 is 2.86 bits per heavy atom. The number of halogens is 1. The van der Waals surface area contributed by atoms with Crippen LogP contribution in [-0.2, 0) is 16.8 Å². The highest BCUT2D eigenvalue weighted by molar-refractivity contribution is 5.94. The number of H-pyrrole nitrogens is 1. The molecule has 0 atom stereocenters. The van der Waals surface area contributed by atoms with Gasteiger partial charge in [-0.15, -0.1) is 0 Å². The third-order valence-electron chi connectivity index (χ3n) is 5.25. The van der Waals surface area contributed by atoms with Gasteiger partial charge in [0.25, 0.3) is 5.56 Å². The zero-order valence-electron chi connectivity index (χ0n) is 15.2. The first-order valence-corrected chi connectivity index (χ1v) is 8.91. The number of hydrogen-bond acceptors (Lipinski definition) is 4. The number of nitriles is 1. The number of carbonyl (C=O) groups excluding carboxylic acids is 1. The first kappa shape index (κ1) is 17.9. The van der Waals surface area contributed by atoms with Gasteiger partial charge in [0.1, 0.15) is 17.6 Å². The Balaban J connectivity index is 1.66. The summed E-state index contributed by atoms with van der Waals surface area (Å²) in [6.07, 6.45) is 1.10. The second-order valence-corrected chi connectivity index (χ2v) is 7.03. The van der Waals surface area contributed by atoms with E-state index in [1.807, 2.05) is 6.07 Å². The Labute approximate surface area is 160 Å². The summed E-state index contributed by atoms with van der Waals surface area (Å²) in [4.78, 5) is 32.5. The van der Waals surface area contributed by atoms with Crippen LogP contribution < -0.4 is 10.9 Å². The normalized spacial score (nSPS) is 14.5. The molecule has 28 heavy (non-hydrogen) atoms. The monoisotopic (exact) mass is 376 g/mol. The van der Waals surface area contributed by atoms with Crippen molar-refractivity contribution in [3.8, 4) is 6.07 Å². The Hall–Kier alpha value is -3.53. The number of pyridine rings is 2. The number of fused-ring (bicyclic) bond motifs is 1. The fourth-order valence-electron chi connectivity index (χ4n) is 3.70. The summed E-state index contributed by atoms with van der Waals surface area (Å²) in [5.41, 5.74) is 1.16. The molecule has 1 fully saturated rings. The SMILES string of the molecule is Cc1c(C2(C(=O)NCc3cccc(C#N)n3)CC2)c(=O)[nH]c2ccc(F)cc12. The van der Waals surface area contributed by atoms with Crippen LogP contribution in [0.1, 0.15) is 35.4 Å². The van der Waals surface area contributed by atoms with Gasteiger partial charge in [0.05, 0.1) is 17.7 Å². The molecule has 2 aromatic heterocycles. The van der Waals surface area contributed by atoms with Crippen molar-refractivity contribution in [3.05, 3.63) is 75.1 Å². The minimum atomic E-state index is -0.912. The van der Waals surface area contributed by atoms with Crippen LogP contribution in [0, 0.1) is 24.1 Å². The third-order valence-corrected chi connectivity index (χ3v) is 5.25. The highest BCUT2D eigenvalue weighted by atomic mass is 19.1. The molecule has 0 unspecified atom stereocenters. The first-order chi connectivity index (χ1) is 13.4. The zero-order valence-corrected chi connectivity index (χ0v) is 15.2. The van der Waals surface area contributed by atoms with Crippen molar-refractivity contribution in [3.63, 3.8) is 0 Å². The molecule has 3 aromatic rings. The van der Waals surface area contributed by atoms with Crippen LogP contribution in [-0.4, -0.2) is 15.9 Å². The van der Waals surface area contributed by atoms with E-state index in [4.69, 9.17) is 5.26 Å². The second-order valence-electron chi connectivity index (χ2n) is 7.03. The highest BCUT2D eigenvalue weighted by Crippen LogP contribution is 2.48. The van der Waals surface area contributed by atoms with Crippen molar-refractivity contribution in [2.24, 2.45) is 0 Å². The average Bonchev–Trinajstić information content (AvgIpc) is 3.48. The Morgan fingerprint density at radius 2 is 2.14 bits per heavy atom. The van der Waals surface area contributed by atoms with Gasteiger partial charge >= 0.3 is 0 Å². The molecule has 1 amide bonds. The van der Waals surface area contributed by atoms with Gasteiger partial charge in [-0.25, -0.2) is 9.37 Å². The molecular formula is C21H17FN4O2. The lowest BCUT2D eigenvalue weighted by Gasteiger charge is -2.18. The van der Waals surface area contributed by atoms with E-state index in [-0.39, 0.29) is 23.7 Å².